The van der Waals surface area contributed by atoms with Gasteiger partial charge in [-0.25, -0.2) is 0 Å². The van der Waals surface area contributed by atoms with Gasteiger partial charge in [-0.15, -0.1) is 0 Å². The summed E-state index contributed by atoms with van der Waals surface area (Å²) in [6.07, 6.45) is 2.39. The van der Waals surface area contributed by atoms with Crippen LogP contribution in [0.15, 0.2) is 65.5 Å². The molecule has 3 aromatic rings. The third kappa shape index (κ3) is 4.15. The molecule has 1 unspecified atom stereocenters. The topological polar surface area (TPSA) is 65.2 Å². The largest absolute Gasteiger partial charge is 0.351 e. The van der Waals surface area contributed by atoms with E-state index in [1.165, 1.54) is 24.5 Å². The zero-order valence-electron chi connectivity index (χ0n) is 15.9. The van der Waals surface area contributed by atoms with Crippen molar-refractivity contribution in [3.05, 3.63) is 82.1 Å². The molecule has 1 atom stereocenters. The maximum Gasteiger partial charge on any atom is 0.252 e. The number of H-pyrrole nitrogens is 1. The number of rotatable bonds is 5. The van der Waals surface area contributed by atoms with Crippen LogP contribution in [-0.2, 0) is 0 Å². The third-order valence-electron chi connectivity index (χ3n) is 5.49. The van der Waals surface area contributed by atoms with E-state index < -0.39 is 0 Å². The zero-order chi connectivity index (χ0) is 19.3. The van der Waals surface area contributed by atoms with Gasteiger partial charge in [-0.2, -0.15) is 0 Å². The van der Waals surface area contributed by atoms with Crippen molar-refractivity contribution in [3.63, 3.8) is 0 Å². The van der Waals surface area contributed by atoms with Crippen LogP contribution >= 0.6 is 0 Å². The maximum atomic E-state index is 12.7. The zero-order valence-corrected chi connectivity index (χ0v) is 15.9. The van der Waals surface area contributed by atoms with Crippen molar-refractivity contribution < 1.29 is 4.79 Å². The Kier molecular flexibility index (Phi) is 5.53. The predicted molar refractivity (Wildman–Crippen MR) is 112 cm³/mol. The number of benzene rings is 2. The molecule has 2 aromatic carbocycles. The molecule has 1 aliphatic heterocycles. The van der Waals surface area contributed by atoms with E-state index in [-0.39, 0.29) is 11.5 Å². The Balaban J connectivity index is 1.36. The van der Waals surface area contributed by atoms with Crippen LogP contribution in [0.25, 0.3) is 10.9 Å². The number of nitrogens with one attached hydrogen (secondary N) is 2. The molecule has 5 heteroatoms. The Morgan fingerprint density at radius 2 is 1.89 bits per heavy atom. The molecule has 0 saturated carbocycles. The average Bonchev–Trinajstić information content (AvgIpc) is 2.74. The molecule has 5 nitrogen and oxygen atoms in total. The number of piperidine rings is 1. The molecule has 144 valence electrons. The molecule has 0 spiro atoms. The summed E-state index contributed by atoms with van der Waals surface area (Å²) in [5.41, 5.74) is 2.25. The highest BCUT2D eigenvalue weighted by Gasteiger charge is 2.21. The standard InChI is InChI=1S/C23H25N3O2/c27-22-15-20(19-10-4-5-11-21(19)25-22)23(28)24-12-14-26-13-6-9-18(16-26)17-7-2-1-3-8-17/h1-5,7-8,10-11,15,18H,6,9,12-14,16H2,(H,24,28)(H,25,27). The summed E-state index contributed by atoms with van der Waals surface area (Å²) < 4.78 is 0. The molecular formula is C23H25N3O2. The Morgan fingerprint density at radius 3 is 2.75 bits per heavy atom. The number of fused-ring (bicyclic) bond motifs is 1. The molecule has 28 heavy (non-hydrogen) atoms. The number of para-hydroxylation sites is 1. The lowest BCUT2D eigenvalue weighted by Crippen LogP contribution is -2.40. The first-order valence-corrected chi connectivity index (χ1v) is 9.88. The van der Waals surface area contributed by atoms with Crippen LogP contribution in [0, 0.1) is 0 Å². The normalized spacial score (nSPS) is 17.5. The molecule has 1 fully saturated rings. The summed E-state index contributed by atoms with van der Waals surface area (Å²) in [4.78, 5) is 29.7. The van der Waals surface area contributed by atoms with Crippen LogP contribution < -0.4 is 10.9 Å². The molecule has 1 aromatic heterocycles. The number of likely N-dealkylation sites (tertiary alicyclic amines) is 1. The molecule has 1 amide bonds. The fourth-order valence-corrected chi connectivity index (χ4v) is 4.07. The fourth-order valence-electron chi connectivity index (χ4n) is 4.07. The van der Waals surface area contributed by atoms with E-state index in [1.807, 2.05) is 24.3 Å². The lowest BCUT2D eigenvalue weighted by molar-refractivity contribution is 0.0947. The lowest BCUT2D eigenvalue weighted by Gasteiger charge is -2.33. The molecular weight excluding hydrogens is 350 g/mol. The second-order valence-corrected chi connectivity index (χ2v) is 7.40. The Bertz CT molecular complexity index is 1010. The van der Waals surface area contributed by atoms with Crippen LogP contribution in [0.4, 0.5) is 0 Å². The molecule has 2 heterocycles. The lowest BCUT2D eigenvalue weighted by atomic mass is 9.91. The highest BCUT2D eigenvalue weighted by Crippen LogP contribution is 2.26. The molecule has 0 bridgehead atoms. The number of hydrogen-bond donors (Lipinski definition) is 2. The SMILES string of the molecule is O=C(NCCN1CCCC(c2ccccc2)C1)c1cc(=O)[nH]c2ccccc12. The van der Waals surface area contributed by atoms with Crippen molar-refractivity contribution in [2.45, 2.75) is 18.8 Å². The van der Waals surface area contributed by atoms with Gasteiger partial charge in [-0.05, 0) is 36.9 Å². The van der Waals surface area contributed by atoms with Crippen molar-refractivity contribution in [2.24, 2.45) is 0 Å². The number of nitrogens with zero attached hydrogens (tertiary/aromatic N) is 1. The fraction of sp³-hybridized carbons (Fsp3) is 0.304. The van der Waals surface area contributed by atoms with Gasteiger partial charge < -0.3 is 15.2 Å². The van der Waals surface area contributed by atoms with Gasteiger partial charge in [-0.3, -0.25) is 9.59 Å². The van der Waals surface area contributed by atoms with Crippen LogP contribution in [0.1, 0.15) is 34.7 Å². The number of pyridine rings is 1. The van der Waals surface area contributed by atoms with E-state index in [0.717, 1.165) is 25.0 Å². The molecule has 0 radical (unpaired) electrons. The highest BCUT2D eigenvalue weighted by atomic mass is 16.2. The van der Waals surface area contributed by atoms with Crippen LogP contribution in [-0.4, -0.2) is 42.0 Å². The minimum atomic E-state index is -0.259. The Labute approximate surface area is 164 Å². The Hall–Kier alpha value is -2.92. The second kappa shape index (κ2) is 8.40. The number of carbonyl (C=O) groups excluding carboxylic acids is 1. The van der Waals surface area contributed by atoms with Crippen molar-refractivity contribution in [1.29, 1.82) is 0 Å². The summed E-state index contributed by atoms with van der Waals surface area (Å²) in [7, 11) is 0. The molecule has 1 aliphatic rings. The van der Waals surface area contributed by atoms with E-state index in [4.69, 9.17) is 0 Å². The van der Waals surface area contributed by atoms with Gasteiger partial charge >= 0.3 is 0 Å². The van der Waals surface area contributed by atoms with E-state index in [2.05, 4.69) is 45.5 Å². The number of aromatic amines is 1. The monoisotopic (exact) mass is 375 g/mol. The number of aromatic nitrogens is 1. The number of hydrogen-bond acceptors (Lipinski definition) is 3. The van der Waals surface area contributed by atoms with Gasteiger partial charge in [0.1, 0.15) is 0 Å². The molecule has 4 rings (SSSR count). The van der Waals surface area contributed by atoms with Gasteiger partial charge in [0.05, 0.1) is 5.56 Å². The van der Waals surface area contributed by atoms with Crippen LogP contribution in [0.3, 0.4) is 0 Å². The van der Waals surface area contributed by atoms with E-state index in [1.54, 1.807) is 0 Å². The first-order valence-electron chi connectivity index (χ1n) is 9.88. The molecule has 0 aliphatic carbocycles. The van der Waals surface area contributed by atoms with Gasteiger partial charge in [0.2, 0.25) is 5.56 Å². The second-order valence-electron chi connectivity index (χ2n) is 7.40. The smallest absolute Gasteiger partial charge is 0.252 e. The maximum absolute atomic E-state index is 12.7. The average molecular weight is 375 g/mol. The van der Waals surface area contributed by atoms with Crippen molar-refractivity contribution in [1.82, 2.24) is 15.2 Å². The summed E-state index contributed by atoms with van der Waals surface area (Å²) >= 11 is 0. The number of amides is 1. The first-order chi connectivity index (χ1) is 13.7. The quantitative estimate of drug-likeness (QED) is 0.720. The minimum absolute atomic E-state index is 0.195. The van der Waals surface area contributed by atoms with Crippen molar-refractivity contribution in [2.75, 3.05) is 26.2 Å². The molecule has 2 N–H and O–H groups in total. The summed E-state index contributed by atoms with van der Waals surface area (Å²) in [5.74, 6) is 0.362. The summed E-state index contributed by atoms with van der Waals surface area (Å²) in [6, 6.07) is 19.4. The predicted octanol–water partition coefficient (Wildman–Crippen LogP) is 3.14. The minimum Gasteiger partial charge on any atom is -0.351 e. The van der Waals surface area contributed by atoms with Gasteiger partial charge in [0.25, 0.3) is 5.91 Å². The van der Waals surface area contributed by atoms with Crippen LogP contribution in [0.2, 0.25) is 0 Å². The van der Waals surface area contributed by atoms with Crippen molar-refractivity contribution in [3.8, 4) is 0 Å². The van der Waals surface area contributed by atoms with Gasteiger partial charge in [-0.1, -0.05) is 48.5 Å². The summed E-state index contributed by atoms with van der Waals surface area (Å²) in [6.45, 7) is 3.47. The van der Waals surface area contributed by atoms with Gasteiger partial charge in [0.15, 0.2) is 0 Å². The van der Waals surface area contributed by atoms with Crippen molar-refractivity contribution >= 4 is 16.8 Å². The highest BCUT2D eigenvalue weighted by molar-refractivity contribution is 6.05. The number of carbonyl (C=O) groups is 1. The van der Waals surface area contributed by atoms with E-state index >= 15 is 0 Å². The van der Waals surface area contributed by atoms with E-state index in [0.29, 0.717) is 23.5 Å². The molecule has 1 saturated heterocycles. The Morgan fingerprint density at radius 1 is 1.11 bits per heavy atom. The van der Waals surface area contributed by atoms with Gasteiger partial charge in [0, 0.05) is 36.6 Å². The first kappa shape index (κ1) is 18.4. The summed E-state index contributed by atoms with van der Waals surface area (Å²) in [5, 5.41) is 3.75. The third-order valence-corrected chi connectivity index (χ3v) is 5.49. The van der Waals surface area contributed by atoms with Crippen LogP contribution in [0.5, 0.6) is 0 Å². The van der Waals surface area contributed by atoms with E-state index in [9.17, 15) is 9.59 Å².